The first-order chi connectivity index (χ1) is 6.99. The van der Waals surface area contributed by atoms with Crippen molar-refractivity contribution in [3.8, 4) is 0 Å². The Morgan fingerprint density at radius 2 is 2.40 bits per heavy atom. The molecule has 0 aromatic carbocycles. The monoisotopic (exact) mass is 218 g/mol. The number of hydrogen-bond donors (Lipinski definition) is 1. The van der Waals surface area contributed by atoms with Crippen LogP contribution in [0.1, 0.15) is 39.5 Å². The summed E-state index contributed by atoms with van der Waals surface area (Å²) in [5.41, 5.74) is -1.51. The van der Waals surface area contributed by atoms with E-state index in [9.17, 15) is 14.3 Å². The van der Waals surface area contributed by atoms with E-state index in [2.05, 4.69) is 4.74 Å². The molecule has 3 atom stereocenters. The fourth-order valence-electron chi connectivity index (χ4n) is 2.23. The van der Waals surface area contributed by atoms with Crippen LogP contribution < -0.4 is 0 Å². The third-order valence-electron chi connectivity index (χ3n) is 2.97. The molecule has 0 aliphatic heterocycles. The minimum atomic E-state index is -1.90. The molecule has 88 valence electrons. The average Bonchev–Trinajstić information content (AvgIpc) is 2.16. The SMILES string of the molecule is CCOC(=O)C(F)C1(O)CCCC(C)C1. The molecule has 0 radical (unpaired) electrons. The van der Waals surface area contributed by atoms with Gasteiger partial charge < -0.3 is 9.84 Å². The van der Waals surface area contributed by atoms with E-state index in [0.717, 1.165) is 12.8 Å². The highest BCUT2D eigenvalue weighted by Gasteiger charge is 2.45. The molecule has 1 N–H and O–H groups in total. The van der Waals surface area contributed by atoms with E-state index < -0.39 is 17.7 Å². The molecule has 0 spiro atoms. The summed E-state index contributed by atoms with van der Waals surface area (Å²) in [5, 5.41) is 10.0. The molecule has 1 fully saturated rings. The number of rotatable bonds is 3. The van der Waals surface area contributed by atoms with Crippen LogP contribution in [0.5, 0.6) is 0 Å². The van der Waals surface area contributed by atoms with Crippen molar-refractivity contribution in [1.82, 2.24) is 0 Å². The lowest BCUT2D eigenvalue weighted by molar-refractivity contribution is -0.164. The zero-order valence-electron chi connectivity index (χ0n) is 9.33. The molecule has 1 rings (SSSR count). The molecule has 0 aromatic heterocycles. The maximum atomic E-state index is 13.7. The van der Waals surface area contributed by atoms with Gasteiger partial charge >= 0.3 is 5.97 Å². The van der Waals surface area contributed by atoms with Gasteiger partial charge in [-0.05, 0) is 25.7 Å². The Labute approximate surface area is 89.6 Å². The number of hydrogen-bond acceptors (Lipinski definition) is 3. The number of carbonyl (C=O) groups excluding carboxylic acids is 1. The van der Waals surface area contributed by atoms with Crippen LogP contribution in [-0.2, 0) is 9.53 Å². The van der Waals surface area contributed by atoms with Crippen LogP contribution >= 0.6 is 0 Å². The number of esters is 1. The lowest BCUT2D eigenvalue weighted by atomic mass is 9.76. The number of alkyl halides is 1. The molecule has 1 saturated carbocycles. The summed E-state index contributed by atoms with van der Waals surface area (Å²) >= 11 is 0. The van der Waals surface area contributed by atoms with Gasteiger partial charge in [0, 0.05) is 0 Å². The molecule has 0 aromatic rings. The summed E-state index contributed by atoms with van der Waals surface area (Å²) in [6.45, 7) is 3.73. The van der Waals surface area contributed by atoms with Crippen molar-refractivity contribution >= 4 is 5.97 Å². The van der Waals surface area contributed by atoms with Crippen molar-refractivity contribution in [2.24, 2.45) is 5.92 Å². The molecular weight excluding hydrogens is 199 g/mol. The summed E-state index contributed by atoms with van der Waals surface area (Å²) < 4.78 is 18.3. The largest absolute Gasteiger partial charge is 0.464 e. The van der Waals surface area contributed by atoms with Gasteiger partial charge in [-0.3, -0.25) is 0 Å². The van der Waals surface area contributed by atoms with Crippen molar-refractivity contribution in [2.45, 2.75) is 51.3 Å². The Bertz CT molecular complexity index is 232. The number of carbonyl (C=O) groups is 1. The lowest BCUT2D eigenvalue weighted by Gasteiger charge is -2.36. The Hall–Kier alpha value is -0.640. The van der Waals surface area contributed by atoms with Gasteiger partial charge in [-0.1, -0.05) is 19.8 Å². The smallest absolute Gasteiger partial charge is 0.343 e. The Kier molecular flexibility index (Phi) is 4.08. The zero-order chi connectivity index (χ0) is 11.5. The van der Waals surface area contributed by atoms with Crippen molar-refractivity contribution < 1.29 is 19.0 Å². The van der Waals surface area contributed by atoms with Gasteiger partial charge in [-0.2, -0.15) is 0 Å². The second kappa shape index (κ2) is 4.92. The summed E-state index contributed by atoms with van der Waals surface area (Å²) in [7, 11) is 0. The second-order valence-electron chi connectivity index (χ2n) is 4.42. The standard InChI is InChI=1S/C11H19FO3/c1-3-15-10(13)9(12)11(14)6-4-5-8(2)7-11/h8-9,14H,3-7H2,1-2H3. The molecule has 4 heteroatoms. The van der Waals surface area contributed by atoms with Crippen LogP contribution in [0.4, 0.5) is 4.39 Å². The first-order valence-electron chi connectivity index (χ1n) is 5.52. The fourth-order valence-corrected chi connectivity index (χ4v) is 2.23. The summed E-state index contributed by atoms with van der Waals surface area (Å²) in [6, 6.07) is 0. The van der Waals surface area contributed by atoms with Crippen LogP contribution in [0.25, 0.3) is 0 Å². The summed E-state index contributed by atoms with van der Waals surface area (Å²) in [4.78, 5) is 11.2. The molecule has 3 nitrogen and oxygen atoms in total. The molecule has 0 saturated heterocycles. The molecule has 3 unspecified atom stereocenters. The molecule has 0 amide bonds. The van der Waals surface area contributed by atoms with Crippen molar-refractivity contribution in [1.29, 1.82) is 0 Å². The van der Waals surface area contributed by atoms with Gasteiger partial charge in [0.15, 0.2) is 0 Å². The van der Waals surface area contributed by atoms with E-state index in [1.54, 1.807) is 6.92 Å². The summed E-state index contributed by atoms with van der Waals surface area (Å²) in [6.07, 6.45) is 0.528. The van der Waals surface area contributed by atoms with E-state index in [-0.39, 0.29) is 12.5 Å². The van der Waals surface area contributed by atoms with Gasteiger partial charge in [0.1, 0.15) is 5.60 Å². The summed E-state index contributed by atoms with van der Waals surface area (Å²) in [5.74, 6) is -0.675. The molecule has 0 bridgehead atoms. The highest BCUT2D eigenvalue weighted by Crippen LogP contribution is 2.36. The van der Waals surface area contributed by atoms with Gasteiger partial charge in [0.25, 0.3) is 0 Å². The van der Waals surface area contributed by atoms with E-state index in [1.807, 2.05) is 6.92 Å². The first kappa shape index (κ1) is 12.4. The first-order valence-corrected chi connectivity index (χ1v) is 5.52. The zero-order valence-corrected chi connectivity index (χ0v) is 9.33. The molecule has 15 heavy (non-hydrogen) atoms. The van der Waals surface area contributed by atoms with Crippen LogP contribution in [0, 0.1) is 5.92 Å². The topological polar surface area (TPSA) is 46.5 Å². The van der Waals surface area contributed by atoms with Crippen molar-refractivity contribution in [3.63, 3.8) is 0 Å². The number of aliphatic hydroxyl groups is 1. The van der Waals surface area contributed by atoms with Gasteiger partial charge in [0.2, 0.25) is 6.17 Å². The Morgan fingerprint density at radius 3 is 2.93 bits per heavy atom. The Balaban J connectivity index is 2.63. The maximum absolute atomic E-state index is 13.7. The van der Waals surface area contributed by atoms with E-state index in [4.69, 9.17) is 0 Å². The van der Waals surface area contributed by atoms with Gasteiger partial charge in [0.05, 0.1) is 6.61 Å². The predicted molar refractivity (Wildman–Crippen MR) is 54.1 cm³/mol. The third kappa shape index (κ3) is 2.91. The lowest BCUT2D eigenvalue weighted by Crippen LogP contribution is -2.48. The van der Waals surface area contributed by atoms with Gasteiger partial charge in [-0.15, -0.1) is 0 Å². The third-order valence-corrected chi connectivity index (χ3v) is 2.97. The quantitative estimate of drug-likeness (QED) is 0.735. The van der Waals surface area contributed by atoms with Crippen LogP contribution in [-0.4, -0.2) is 29.5 Å². The second-order valence-corrected chi connectivity index (χ2v) is 4.42. The molecule has 1 aliphatic carbocycles. The molecule has 1 aliphatic rings. The maximum Gasteiger partial charge on any atom is 0.343 e. The van der Waals surface area contributed by atoms with Crippen LogP contribution in [0.15, 0.2) is 0 Å². The number of halogens is 1. The van der Waals surface area contributed by atoms with E-state index in [0.29, 0.717) is 12.8 Å². The van der Waals surface area contributed by atoms with E-state index in [1.165, 1.54) is 0 Å². The predicted octanol–water partition coefficient (Wildman–Crippen LogP) is 1.83. The fraction of sp³-hybridized carbons (Fsp3) is 0.909. The van der Waals surface area contributed by atoms with Crippen LogP contribution in [0.3, 0.4) is 0 Å². The van der Waals surface area contributed by atoms with Crippen molar-refractivity contribution in [3.05, 3.63) is 0 Å². The molecular formula is C11H19FO3. The van der Waals surface area contributed by atoms with Crippen molar-refractivity contribution in [2.75, 3.05) is 6.61 Å². The highest BCUT2D eigenvalue weighted by atomic mass is 19.1. The Morgan fingerprint density at radius 1 is 1.73 bits per heavy atom. The minimum absolute atomic E-state index is 0.144. The number of ether oxygens (including phenoxy) is 1. The van der Waals surface area contributed by atoms with Crippen LogP contribution in [0.2, 0.25) is 0 Å². The molecule has 0 heterocycles. The van der Waals surface area contributed by atoms with E-state index >= 15 is 0 Å². The highest BCUT2D eigenvalue weighted by molar-refractivity contribution is 5.76. The minimum Gasteiger partial charge on any atom is -0.464 e. The van der Waals surface area contributed by atoms with Gasteiger partial charge in [-0.25, -0.2) is 9.18 Å². The average molecular weight is 218 g/mol. The normalized spacial score (nSPS) is 33.5.